The van der Waals surface area contributed by atoms with Crippen molar-refractivity contribution in [1.29, 1.82) is 0 Å². The molecule has 0 saturated carbocycles. The van der Waals surface area contributed by atoms with Gasteiger partial charge in [0.05, 0.1) is 6.61 Å². The van der Waals surface area contributed by atoms with Crippen LogP contribution in [-0.2, 0) is 0 Å². The van der Waals surface area contributed by atoms with Crippen LogP contribution in [0.15, 0.2) is 0 Å². The van der Waals surface area contributed by atoms with Crippen LogP contribution in [0.1, 0.15) is 19.3 Å². The molecular weight excluding hydrogens is 92.1 g/mol. The molecule has 0 spiro atoms. The molecule has 2 N–H and O–H groups in total. The molecule has 0 aromatic carbocycles. The van der Waals surface area contributed by atoms with Gasteiger partial charge in [-0.2, -0.15) is 0 Å². The highest BCUT2D eigenvalue weighted by Gasteiger charge is 1.82. The van der Waals surface area contributed by atoms with Crippen molar-refractivity contribution < 1.29 is 10.2 Å². The molecule has 0 heterocycles. The van der Waals surface area contributed by atoms with Crippen molar-refractivity contribution in [2.45, 2.75) is 19.3 Å². The summed E-state index contributed by atoms with van der Waals surface area (Å²) in [6.45, 7) is 1.35. The summed E-state index contributed by atoms with van der Waals surface area (Å²) in [6, 6.07) is 0. The molecule has 0 amide bonds. The molecule has 0 atom stereocenters. The summed E-state index contributed by atoms with van der Waals surface area (Å²) in [5.41, 5.74) is 0. The van der Waals surface area contributed by atoms with Crippen LogP contribution >= 0.6 is 0 Å². The van der Waals surface area contributed by atoms with Crippen LogP contribution in [-0.4, -0.2) is 16.8 Å². The van der Waals surface area contributed by atoms with Crippen molar-refractivity contribution in [2.24, 2.45) is 0 Å². The molecule has 0 aromatic rings. The number of aliphatic hydroxyl groups is 2. The second-order valence-corrected chi connectivity index (χ2v) is 1.40. The first-order chi connectivity index (χ1) is 3.41. The van der Waals surface area contributed by atoms with Gasteiger partial charge in [-0.3, -0.25) is 0 Å². The van der Waals surface area contributed by atoms with Gasteiger partial charge in [0.2, 0.25) is 0 Å². The van der Waals surface area contributed by atoms with Crippen molar-refractivity contribution in [3.8, 4) is 0 Å². The zero-order valence-corrected chi connectivity index (χ0v) is 4.30. The van der Waals surface area contributed by atoms with Crippen molar-refractivity contribution >= 4 is 0 Å². The number of hydrogen-bond acceptors (Lipinski definition) is 2. The van der Waals surface area contributed by atoms with Crippen LogP contribution in [0.3, 0.4) is 0 Å². The smallest absolute Gasteiger partial charge is 0.0799 e. The molecule has 0 aliphatic heterocycles. The highest BCUT2D eigenvalue weighted by Crippen LogP contribution is 1.93. The molecule has 0 aliphatic rings. The third-order valence-electron chi connectivity index (χ3n) is 0.741. The van der Waals surface area contributed by atoms with Crippen molar-refractivity contribution in [1.82, 2.24) is 0 Å². The summed E-state index contributed by atoms with van der Waals surface area (Å²) in [7, 11) is 0. The summed E-state index contributed by atoms with van der Waals surface area (Å²) in [5, 5.41) is 16.3. The van der Waals surface area contributed by atoms with Gasteiger partial charge in [0.15, 0.2) is 0 Å². The Hall–Kier alpha value is -0.0800. The van der Waals surface area contributed by atoms with Gasteiger partial charge in [0.25, 0.3) is 0 Å². The van der Waals surface area contributed by atoms with Gasteiger partial charge >= 0.3 is 0 Å². The highest BCUT2D eigenvalue weighted by atomic mass is 16.3. The minimum absolute atomic E-state index is 0.230. The number of hydrogen-bond donors (Lipinski definition) is 2. The van der Waals surface area contributed by atoms with Gasteiger partial charge in [0.1, 0.15) is 0 Å². The topological polar surface area (TPSA) is 40.5 Å². The maximum Gasteiger partial charge on any atom is 0.0799 e. The van der Waals surface area contributed by atoms with E-state index >= 15 is 0 Å². The van der Waals surface area contributed by atoms with E-state index in [4.69, 9.17) is 10.2 Å². The Morgan fingerprint density at radius 3 is 2.43 bits per heavy atom. The maximum atomic E-state index is 8.20. The predicted molar refractivity (Wildman–Crippen MR) is 27.2 cm³/mol. The minimum atomic E-state index is 0.230. The fourth-order valence-corrected chi connectivity index (χ4v) is 0.347. The second kappa shape index (κ2) is 5.92. The molecule has 2 heteroatoms. The first-order valence-corrected chi connectivity index (χ1v) is 2.48. The van der Waals surface area contributed by atoms with E-state index in [1.54, 1.807) is 0 Å². The van der Waals surface area contributed by atoms with E-state index in [9.17, 15) is 0 Å². The molecule has 1 radical (unpaired) electrons. The summed E-state index contributed by atoms with van der Waals surface area (Å²) in [4.78, 5) is 0. The lowest BCUT2D eigenvalue weighted by Crippen LogP contribution is -1.81. The Balaban J connectivity index is 2.45. The first-order valence-electron chi connectivity index (χ1n) is 2.48. The fraction of sp³-hybridized carbons (Fsp3) is 0.800. The lowest BCUT2D eigenvalue weighted by molar-refractivity contribution is 0.278. The van der Waals surface area contributed by atoms with Crippen molar-refractivity contribution in [3.63, 3.8) is 0 Å². The summed E-state index contributed by atoms with van der Waals surface area (Å²) < 4.78 is 0. The highest BCUT2D eigenvalue weighted by molar-refractivity contribution is 4.45. The van der Waals surface area contributed by atoms with Crippen molar-refractivity contribution in [3.05, 3.63) is 6.61 Å². The molecule has 7 heavy (non-hydrogen) atoms. The Labute approximate surface area is 43.8 Å². The number of rotatable bonds is 4. The third kappa shape index (κ3) is 5.92. The van der Waals surface area contributed by atoms with Gasteiger partial charge < -0.3 is 10.2 Å². The fourth-order valence-electron chi connectivity index (χ4n) is 0.347. The largest absolute Gasteiger partial charge is 0.396 e. The molecule has 0 aromatic heterocycles. The average molecular weight is 103 g/mol. The van der Waals surface area contributed by atoms with Crippen LogP contribution < -0.4 is 0 Å². The third-order valence-corrected chi connectivity index (χ3v) is 0.741. The zero-order chi connectivity index (χ0) is 5.54. The standard InChI is InChI=1S/C5H11O2/c6-4-2-1-3-5-7/h4,6-7H,1-3,5H2. The van der Waals surface area contributed by atoms with E-state index in [1.165, 1.54) is 0 Å². The Bertz CT molecular complexity index is 25.3. The maximum absolute atomic E-state index is 8.20. The van der Waals surface area contributed by atoms with Gasteiger partial charge in [-0.15, -0.1) is 0 Å². The van der Waals surface area contributed by atoms with Crippen LogP contribution in [0.4, 0.5) is 0 Å². The molecule has 0 bridgehead atoms. The molecular formula is C5H11O2. The van der Waals surface area contributed by atoms with Crippen LogP contribution in [0.2, 0.25) is 0 Å². The normalized spacial score (nSPS) is 9.43. The Kier molecular flexibility index (Phi) is 5.85. The lowest BCUT2D eigenvalue weighted by atomic mass is 10.2. The van der Waals surface area contributed by atoms with Crippen LogP contribution in [0, 0.1) is 6.61 Å². The Morgan fingerprint density at radius 2 is 2.00 bits per heavy atom. The lowest BCUT2D eigenvalue weighted by Gasteiger charge is -1.89. The van der Waals surface area contributed by atoms with E-state index in [0.29, 0.717) is 6.42 Å². The van der Waals surface area contributed by atoms with E-state index in [2.05, 4.69) is 0 Å². The zero-order valence-electron chi connectivity index (χ0n) is 4.30. The van der Waals surface area contributed by atoms with Gasteiger partial charge in [-0.05, 0) is 19.3 Å². The number of unbranched alkanes of at least 4 members (excludes halogenated alkanes) is 2. The van der Waals surface area contributed by atoms with Gasteiger partial charge in [-0.1, -0.05) is 0 Å². The summed E-state index contributed by atoms with van der Waals surface area (Å²) >= 11 is 0. The van der Waals surface area contributed by atoms with Gasteiger partial charge in [0, 0.05) is 6.61 Å². The molecule has 0 fully saturated rings. The predicted octanol–water partition coefficient (Wildman–Crippen LogP) is 0.683. The molecule has 0 unspecified atom stereocenters. The van der Waals surface area contributed by atoms with Crippen LogP contribution in [0.25, 0.3) is 0 Å². The molecule has 0 rings (SSSR count). The minimum Gasteiger partial charge on any atom is -0.396 e. The average Bonchev–Trinajstić information content (AvgIpc) is 1.69. The van der Waals surface area contributed by atoms with Crippen LogP contribution in [0.5, 0.6) is 0 Å². The van der Waals surface area contributed by atoms with E-state index in [0.717, 1.165) is 19.4 Å². The number of aliphatic hydroxyl groups excluding tert-OH is 2. The SMILES string of the molecule is O[CH]CCCCO. The Morgan fingerprint density at radius 1 is 1.29 bits per heavy atom. The second-order valence-electron chi connectivity index (χ2n) is 1.40. The molecule has 2 nitrogen and oxygen atoms in total. The summed E-state index contributed by atoms with van der Waals surface area (Å²) in [6.07, 6.45) is 2.37. The molecule has 43 valence electrons. The summed E-state index contributed by atoms with van der Waals surface area (Å²) in [5.74, 6) is 0. The first kappa shape index (κ1) is 6.92. The molecule has 0 aliphatic carbocycles. The van der Waals surface area contributed by atoms with E-state index in [1.807, 2.05) is 0 Å². The quantitative estimate of drug-likeness (QED) is 0.514. The van der Waals surface area contributed by atoms with Gasteiger partial charge in [-0.25, -0.2) is 0 Å². The van der Waals surface area contributed by atoms with Crippen molar-refractivity contribution in [2.75, 3.05) is 6.61 Å². The van der Waals surface area contributed by atoms with E-state index < -0.39 is 0 Å². The van der Waals surface area contributed by atoms with E-state index in [-0.39, 0.29) is 6.61 Å². The molecule has 0 saturated heterocycles. The monoisotopic (exact) mass is 103 g/mol.